The van der Waals surface area contributed by atoms with Gasteiger partial charge in [-0.25, -0.2) is 0 Å². The normalized spacial score (nSPS) is 24.2. The Morgan fingerprint density at radius 1 is 0.800 bits per heavy atom. The van der Waals surface area contributed by atoms with Crippen molar-refractivity contribution in [2.24, 2.45) is 0 Å². The maximum Gasteiger partial charge on any atom is 0.0247 e. The third kappa shape index (κ3) is 1.31. The van der Waals surface area contributed by atoms with E-state index in [4.69, 9.17) is 0 Å². The van der Waals surface area contributed by atoms with Crippen LogP contribution in [0.1, 0.15) is 36.5 Å². The molecular formula is C20H18. The van der Waals surface area contributed by atoms with E-state index in [1.807, 2.05) is 0 Å². The summed E-state index contributed by atoms with van der Waals surface area (Å²) in [5.74, 6) is 0.506. The summed E-state index contributed by atoms with van der Waals surface area (Å²) in [6.45, 7) is 4.75. The summed E-state index contributed by atoms with van der Waals surface area (Å²) in [6.07, 6.45) is 0. The quantitative estimate of drug-likeness (QED) is 0.558. The smallest absolute Gasteiger partial charge is 0.0247 e. The van der Waals surface area contributed by atoms with Crippen LogP contribution in [0.4, 0.5) is 0 Å². The second-order valence-electron chi connectivity index (χ2n) is 6.04. The van der Waals surface area contributed by atoms with Crippen LogP contribution >= 0.6 is 0 Å². The first-order chi connectivity index (χ1) is 9.73. The van der Waals surface area contributed by atoms with Gasteiger partial charge in [-0.3, -0.25) is 0 Å². The highest BCUT2D eigenvalue weighted by molar-refractivity contribution is 5.93. The molecule has 2 unspecified atom stereocenters. The second-order valence-corrected chi connectivity index (χ2v) is 6.04. The minimum atomic E-state index is 0.0739. The van der Waals surface area contributed by atoms with Crippen LogP contribution in [0.15, 0.2) is 66.7 Å². The predicted octanol–water partition coefficient (Wildman–Crippen LogP) is 5.26. The Morgan fingerprint density at radius 2 is 1.50 bits per heavy atom. The van der Waals surface area contributed by atoms with Crippen molar-refractivity contribution >= 4 is 10.8 Å². The van der Waals surface area contributed by atoms with Crippen molar-refractivity contribution in [1.82, 2.24) is 0 Å². The van der Waals surface area contributed by atoms with Crippen LogP contribution in [0, 0.1) is 0 Å². The standard InChI is InChI=1S/C20H18/c1-14-17-12-6-8-15-9-7-13-18(19(15)17)20(14,2)16-10-4-3-5-11-16/h3-14H,1-2H3. The molecule has 0 saturated carbocycles. The van der Waals surface area contributed by atoms with Gasteiger partial charge in [0.1, 0.15) is 0 Å². The van der Waals surface area contributed by atoms with Gasteiger partial charge in [0.15, 0.2) is 0 Å². The van der Waals surface area contributed by atoms with E-state index in [1.54, 1.807) is 0 Å². The van der Waals surface area contributed by atoms with Crippen molar-refractivity contribution < 1.29 is 0 Å². The van der Waals surface area contributed by atoms with E-state index in [2.05, 4.69) is 80.6 Å². The summed E-state index contributed by atoms with van der Waals surface area (Å²) in [4.78, 5) is 0. The Hall–Kier alpha value is -2.08. The molecule has 0 radical (unpaired) electrons. The molecule has 0 N–H and O–H groups in total. The molecule has 1 aliphatic carbocycles. The zero-order valence-electron chi connectivity index (χ0n) is 11.9. The molecule has 3 aromatic rings. The van der Waals surface area contributed by atoms with Crippen molar-refractivity contribution in [3.05, 3.63) is 83.4 Å². The Morgan fingerprint density at radius 3 is 2.25 bits per heavy atom. The lowest BCUT2D eigenvalue weighted by Crippen LogP contribution is -2.26. The van der Waals surface area contributed by atoms with E-state index in [0.717, 1.165) is 0 Å². The highest BCUT2D eigenvalue weighted by atomic mass is 14.4. The molecule has 0 bridgehead atoms. The first-order valence-corrected chi connectivity index (χ1v) is 7.30. The topological polar surface area (TPSA) is 0 Å². The molecule has 2 atom stereocenters. The zero-order chi connectivity index (χ0) is 13.7. The molecule has 0 heteroatoms. The molecule has 0 amide bonds. The third-order valence-corrected chi connectivity index (χ3v) is 5.20. The summed E-state index contributed by atoms with van der Waals surface area (Å²) < 4.78 is 0. The van der Waals surface area contributed by atoms with Gasteiger partial charge in [-0.15, -0.1) is 0 Å². The van der Waals surface area contributed by atoms with Crippen LogP contribution in [0.2, 0.25) is 0 Å². The third-order valence-electron chi connectivity index (χ3n) is 5.20. The molecule has 0 heterocycles. The molecule has 20 heavy (non-hydrogen) atoms. The molecule has 98 valence electrons. The van der Waals surface area contributed by atoms with Gasteiger partial charge in [-0.2, -0.15) is 0 Å². The van der Waals surface area contributed by atoms with Gasteiger partial charge in [0.2, 0.25) is 0 Å². The minimum absolute atomic E-state index is 0.0739. The van der Waals surface area contributed by atoms with E-state index in [-0.39, 0.29) is 5.41 Å². The monoisotopic (exact) mass is 258 g/mol. The van der Waals surface area contributed by atoms with E-state index in [1.165, 1.54) is 27.5 Å². The van der Waals surface area contributed by atoms with Crippen molar-refractivity contribution in [2.75, 3.05) is 0 Å². The SMILES string of the molecule is CC1c2cccc3cccc(c23)C1(C)c1ccccc1. The van der Waals surface area contributed by atoms with E-state index >= 15 is 0 Å². The van der Waals surface area contributed by atoms with Crippen LogP contribution in [0.25, 0.3) is 10.8 Å². The van der Waals surface area contributed by atoms with Crippen molar-refractivity contribution in [3.8, 4) is 0 Å². The van der Waals surface area contributed by atoms with Gasteiger partial charge in [0.25, 0.3) is 0 Å². The maximum atomic E-state index is 2.39. The average molecular weight is 258 g/mol. The second kappa shape index (κ2) is 3.96. The summed E-state index contributed by atoms with van der Waals surface area (Å²) in [5.41, 5.74) is 4.45. The molecule has 4 rings (SSSR count). The van der Waals surface area contributed by atoms with Gasteiger partial charge in [0.05, 0.1) is 0 Å². The Balaban J connectivity index is 2.09. The molecule has 0 saturated heterocycles. The Kier molecular flexibility index (Phi) is 2.32. The fourth-order valence-electron chi connectivity index (χ4n) is 3.90. The van der Waals surface area contributed by atoms with Crippen LogP contribution < -0.4 is 0 Å². The highest BCUT2D eigenvalue weighted by Gasteiger charge is 2.42. The van der Waals surface area contributed by atoms with Gasteiger partial charge < -0.3 is 0 Å². The van der Waals surface area contributed by atoms with Crippen LogP contribution in [0.5, 0.6) is 0 Å². The molecule has 0 spiro atoms. The van der Waals surface area contributed by atoms with E-state index < -0.39 is 0 Å². The van der Waals surface area contributed by atoms with E-state index in [9.17, 15) is 0 Å². The fourth-order valence-corrected chi connectivity index (χ4v) is 3.90. The van der Waals surface area contributed by atoms with Crippen molar-refractivity contribution in [3.63, 3.8) is 0 Å². The summed E-state index contributed by atoms with van der Waals surface area (Å²) in [7, 11) is 0. The first-order valence-electron chi connectivity index (χ1n) is 7.30. The van der Waals surface area contributed by atoms with Crippen LogP contribution in [0.3, 0.4) is 0 Å². The summed E-state index contributed by atoms with van der Waals surface area (Å²) in [5, 5.41) is 2.83. The predicted molar refractivity (Wildman–Crippen MR) is 85.3 cm³/mol. The maximum absolute atomic E-state index is 2.39. The minimum Gasteiger partial charge on any atom is -0.0622 e. The zero-order valence-corrected chi connectivity index (χ0v) is 11.9. The number of benzene rings is 3. The average Bonchev–Trinajstić information content (AvgIpc) is 2.74. The fraction of sp³-hybridized carbons (Fsp3) is 0.200. The molecule has 1 aliphatic rings. The number of hydrogen-bond donors (Lipinski definition) is 0. The van der Waals surface area contributed by atoms with Gasteiger partial charge in [-0.1, -0.05) is 80.6 Å². The Bertz CT molecular complexity index is 780. The lowest BCUT2D eigenvalue weighted by atomic mass is 9.71. The molecule has 0 aromatic heterocycles. The van der Waals surface area contributed by atoms with Crippen molar-refractivity contribution in [2.45, 2.75) is 25.2 Å². The number of rotatable bonds is 1. The largest absolute Gasteiger partial charge is 0.0622 e. The lowest BCUT2D eigenvalue weighted by molar-refractivity contribution is 0.498. The Labute approximate surface area is 120 Å². The highest BCUT2D eigenvalue weighted by Crippen LogP contribution is 2.53. The number of hydrogen-bond acceptors (Lipinski definition) is 0. The van der Waals surface area contributed by atoms with Gasteiger partial charge >= 0.3 is 0 Å². The molecule has 3 aromatic carbocycles. The van der Waals surface area contributed by atoms with Gasteiger partial charge in [0, 0.05) is 5.41 Å². The molecule has 0 nitrogen and oxygen atoms in total. The van der Waals surface area contributed by atoms with E-state index in [0.29, 0.717) is 5.92 Å². The van der Waals surface area contributed by atoms with Crippen molar-refractivity contribution in [1.29, 1.82) is 0 Å². The summed E-state index contributed by atoms with van der Waals surface area (Å²) in [6, 6.07) is 24.4. The summed E-state index contributed by atoms with van der Waals surface area (Å²) >= 11 is 0. The van der Waals surface area contributed by atoms with Crippen LogP contribution in [-0.2, 0) is 5.41 Å². The van der Waals surface area contributed by atoms with Gasteiger partial charge in [-0.05, 0) is 33.4 Å². The molecule has 0 fully saturated rings. The lowest BCUT2D eigenvalue weighted by Gasteiger charge is -2.32. The first kappa shape index (κ1) is 11.7. The van der Waals surface area contributed by atoms with Crippen LogP contribution in [-0.4, -0.2) is 0 Å². The molecule has 0 aliphatic heterocycles. The molecular weight excluding hydrogens is 240 g/mol.